The predicted octanol–water partition coefficient (Wildman–Crippen LogP) is 0.886. The molecular formula is C10H11N3O2. The summed E-state index contributed by atoms with van der Waals surface area (Å²) in [5.74, 6) is 1.23. The minimum Gasteiger partial charge on any atom is -0.378 e. The Bertz CT molecular complexity index is 382. The summed E-state index contributed by atoms with van der Waals surface area (Å²) in [5.41, 5.74) is 0. The van der Waals surface area contributed by atoms with Crippen LogP contribution in [0.25, 0.3) is 0 Å². The fraction of sp³-hybridized carbons (Fsp3) is 0.400. The van der Waals surface area contributed by atoms with Gasteiger partial charge in [0.1, 0.15) is 5.82 Å². The highest BCUT2D eigenvalue weighted by atomic mass is 16.5. The molecule has 0 atom stereocenters. The molecule has 0 amide bonds. The van der Waals surface area contributed by atoms with Gasteiger partial charge in [0.2, 0.25) is 6.08 Å². The lowest BCUT2D eigenvalue weighted by molar-refractivity contribution is 0.122. The van der Waals surface area contributed by atoms with Crippen molar-refractivity contribution in [1.29, 1.82) is 0 Å². The van der Waals surface area contributed by atoms with Crippen LogP contribution in [-0.2, 0) is 9.53 Å². The van der Waals surface area contributed by atoms with Gasteiger partial charge in [-0.2, -0.15) is 0 Å². The maximum Gasteiger partial charge on any atom is 0.242 e. The van der Waals surface area contributed by atoms with Gasteiger partial charge in [0, 0.05) is 13.1 Å². The third-order valence-electron chi connectivity index (χ3n) is 2.21. The van der Waals surface area contributed by atoms with Gasteiger partial charge >= 0.3 is 0 Å². The van der Waals surface area contributed by atoms with E-state index >= 15 is 0 Å². The van der Waals surface area contributed by atoms with Gasteiger partial charge in [-0.15, -0.1) is 4.99 Å². The Labute approximate surface area is 87.4 Å². The minimum absolute atomic E-state index is 0.397. The Morgan fingerprint density at radius 3 is 2.93 bits per heavy atom. The second kappa shape index (κ2) is 4.68. The molecule has 78 valence electrons. The first kappa shape index (κ1) is 9.83. The molecule has 1 aliphatic heterocycles. The molecular weight excluding hydrogens is 194 g/mol. The number of hydrogen-bond acceptors (Lipinski definition) is 5. The lowest BCUT2D eigenvalue weighted by Crippen LogP contribution is -2.36. The van der Waals surface area contributed by atoms with Crippen molar-refractivity contribution in [3.63, 3.8) is 0 Å². The highest BCUT2D eigenvalue weighted by Crippen LogP contribution is 2.16. The molecule has 2 rings (SSSR count). The molecule has 0 unspecified atom stereocenters. The molecule has 5 heteroatoms. The number of aliphatic imine (C=N–C) groups is 1. The molecule has 15 heavy (non-hydrogen) atoms. The van der Waals surface area contributed by atoms with E-state index in [1.54, 1.807) is 6.07 Å². The molecule has 1 aromatic heterocycles. The summed E-state index contributed by atoms with van der Waals surface area (Å²) >= 11 is 0. The molecule has 5 nitrogen and oxygen atoms in total. The average Bonchev–Trinajstić information content (AvgIpc) is 2.31. The van der Waals surface area contributed by atoms with Crippen LogP contribution in [0.4, 0.5) is 11.6 Å². The summed E-state index contributed by atoms with van der Waals surface area (Å²) in [6, 6.07) is 5.40. The smallest absolute Gasteiger partial charge is 0.242 e. The van der Waals surface area contributed by atoms with E-state index in [-0.39, 0.29) is 0 Å². The number of rotatable bonds is 2. The number of anilines is 1. The normalized spacial score (nSPS) is 15.9. The number of ether oxygens (including phenoxy) is 1. The van der Waals surface area contributed by atoms with Gasteiger partial charge in [-0.3, -0.25) is 0 Å². The van der Waals surface area contributed by atoms with Crippen LogP contribution in [-0.4, -0.2) is 37.4 Å². The fourth-order valence-corrected chi connectivity index (χ4v) is 1.49. The lowest BCUT2D eigenvalue weighted by atomic mass is 10.3. The fourth-order valence-electron chi connectivity index (χ4n) is 1.49. The maximum atomic E-state index is 10.1. The zero-order chi connectivity index (χ0) is 10.5. The van der Waals surface area contributed by atoms with Gasteiger partial charge in [-0.25, -0.2) is 9.78 Å². The highest BCUT2D eigenvalue weighted by molar-refractivity contribution is 5.49. The molecule has 0 bridgehead atoms. The second-order valence-corrected chi connectivity index (χ2v) is 3.16. The van der Waals surface area contributed by atoms with E-state index in [1.165, 1.54) is 6.08 Å². The van der Waals surface area contributed by atoms with Crippen LogP contribution in [0, 0.1) is 0 Å². The first-order valence-corrected chi connectivity index (χ1v) is 4.78. The largest absolute Gasteiger partial charge is 0.378 e. The van der Waals surface area contributed by atoms with Crippen molar-refractivity contribution in [3.05, 3.63) is 18.2 Å². The first-order chi connectivity index (χ1) is 7.40. The van der Waals surface area contributed by atoms with Crippen molar-refractivity contribution in [3.8, 4) is 0 Å². The zero-order valence-corrected chi connectivity index (χ0v) is 8.22. The molecule has 0 saturated carbocycles. The molecule has 0 spiro atoms. The van der Waals surface area contributed by atoms with Crippen molar-refractivity contribution >= 4 is 17.7 Å². The Kier molecular flexibility index (Phi) is 3.07. The van der Waals surface area contributed by atoms with Gasteiger partial charge in [-0.05, 0) is 12.1 Å². The quantitative estimate of drug-likeness (QED) is 0.531. The minimum atomic E-state index is 0.397. The molecule has 0 aromatic carbocycles. The summed E-state index contributed by atoms with van der Waals surface area (Å²) in [5, 5.41) is 0. The van der Waals surface area contributed by atoms with E-state index in [0.29, 0.717) is 19.0 Å². The van der Waals surface area contributed by atoms with Gasteiger partial charge in [-0.1, -0.05) is 6.07 Å². The number of pyridine rings is 1. The number of carbonyl (C=O) groups excluding carboxylic acids is 1. The Morgan fingerprint density at radius 1 is 1.40 bits per heavy atom. The zero-order valence-electron chi connectivity index (χ0n) is 8.22. The van der Waals surface area contributed by atoms with E-state index in [0.717, 1.165) is 18.9 Å². The third-order valence-corrected chi connectivity index (χ3v) is 2.21. The molecule has 0 aliphatic carbocycles. The van der Waals surface area contributed by atoms with Crippen LogP contribution in [0.5, 0.6) is 0 Å². The molecule has 0 radical (unpaired) electrons. The molecule has 1 saturated heterocycles. The van der Waals surface area contributed by atoms with E-state index < -0.39 is 0 Å². The van der Waals surface area contributed by atoms with Crippen LogP contribution in [0.2, 0.25) is 0 Å². The van der Waals surface area contributed by atoms with Crippen LogP contribution >= 0.6 is 0 Å². The van der Waals surface area contributed by atoms with Gasteiger partial charge in [0.05, 0.1) is 13.2 Å². The number of aromatic nitrogens is 1. The van der Waals surface area contributed by atoms with Crippen LogP contribution in [0.1, 0.15) is 0 Å². The second-order valence-electron chi connectivity index (χ2n) is 3.16. The highest BCUT2D eigenvalue weighted by Gasteiger charge is 2.12. The van der Waals surface area contributed by atoms with Gasteiger partial charge in [0.25, 0.3) is 0 Å². The van der Waals surface area contributed by atoms with E-state index in [4.69, 9.17) is 4.74 Å². The topological polar surface area (TPSA) is 54.8 Å². The SMILES string of the molecule is O=C=Nc1cccc(N2CCOCC2)n1. The molecule has 1 fully saturated rings. The maximum absolute atomic E-state index is 10.1. The van der Waals surface area contributed by atoms with E-state index in [2.05, 4.69) is 14.9 Å². The van der Waals surface area contributed by atoms with Crippen molar-refractivity contribution < 1.29 is 9.53 Å². The summed E-state index contributed by atoms with van der Waals surface area (Å²) in [6.07, 6.45) is 1.48. The number of hydrogen-bond donors (Lipinski definition) is 0. The molecule has 1 aromatic rings. The van der Waals surface area contributed by atoms with Crippen molar-refractivity contribution in [1.82, 2.24) is 4.98 Å². The van der Waals surface area contributed by atoms with E-state index in [9.17, 15) is 4.79 Å². The predicted molar refractivity (Wildman–Crippen MR) is 55.1 cm³/mol. The standard InChI is InChI=1S/C10H11N3O2/c14-8-11-9-2-1-3-10(12-9)13-4-6-15-7-5-13/h1-3H,4-7H2. The summed E-state index contributed by atoms with van der Waals surface area (Å²) in [7, 11) is 0. The number of morpholine rings is 1. The van der Waals surface area contributed by atoms with Gasteiger partial charge < -0.3 is 9.64 Å². The van der Waals surface area contributed by atoms with Crippen LogP contribution in [0.15, 0.2) is 23.2 Å². The van der Waals surface area contributed by atoms with Crippen molar-refractivity contribution in [2.45, 2.75) is 0 Å². The number of nitrogens with zero attached hydrogens (tertiary/aromatic N) is 3. The van der Waals surface area contributed by atoms with Crippen molar-refractivity contribution in [2.24, 2.45) is 4.99 Å². The van der Waals surface area contributed by atoms with Crippen LogP contribution < -0.4 is 4.90 Å². The average molecular weight is 205 g/mol. The molecule has 2 heterocycles. The third kappa shape index (κ3) is 2.40. The first-order valence-electron chi connectivity index (χ1n) is 4.78. The summed E-state index contributed by atoms with van der Waals surface area (Å²) in [6.45, 7) is 3.06. The summed E-state index contributed by atoms with van der Waals surface area (Å²) in [4.78, 5) is 19.9. The monoisotopic (exact) mass is 205 g/mol. The van der Waals surface area contributed by atoms with Crippen molar-refractivity contribution in [2.75, 3.05) is 31.2 Å². The van der Waals surface area contributed by atoms with Crippen LogP contribution in [0.3, 0.4) is 0 Å². The summed E-state index contributed by atoms with van der Waals surface area (Å²) < 4.78 is 5.24. The number of isocyanates is 1. The Hall–Kier alpha value is -1.71. The molecule has 1 aliphatic rings. The van der Waals surface area contributed by atoms with E-state index in [1.807, 2.05) is 12.1 Å². The molecule has 0 N–H and O–H groups in total. The Balaban J connectivity index is 2.19. The van der Waals surface area contributed by atoms with Gasteiger partial charge in [0.15, 0.2) is 5.82 Å². The Morgan fingerprint density at radius 2 is 2.20 bits per heavy atom. The lowest BCUT2D eigenvalue weighted by Gasteiger charge is -2.27.